The number of ether oxygens (including phenoxy) is 3. The molecule has 0 spiro atoms. The number of methoxy groups -OCH3 is 1. The van der Waals surface area contributed by atoms with Gasteiger partial charge in [-0.3, -0.25) is 4.79 Å². The Morgan fingerprint density at radius 3 is 2.50 bits per heavy atom. The number of carbonyl (C=O) groups excluding carboxylic acids is 1. The molecule has 0 bridgehead atoms. The minimum Gasteiger partial charge on any atom is -0.497 e. The van der Waals surface area contributed by atoms with Gasteiger partial charge in [0.05, 0.1) is 13.0 Å². The second-order valence-corrected chi connectivity index (χ2v) is 7.74. The summed E-state index contributed by atoms with van der Waals surface area (Å²) >= 11 is 0. The molecule has 0 radical (unpaired) electrons. The van der Waals surface area contributed by atoms with Crippen LogP contribution >= 0.6 is 0 Å². The molecule has 3 atom stereocenters. The van der Waals surface area contributed by atoms with Crippen LogP contribution in [0.4, 0.5) is 0 Å². The van der Waals surface area contributed by atoms with Gasteiger partial charge in [0.15, 0.2) is 0 Å². The van der Waals surface area contributed by atoms with Gasteiger partial charge in [-0.2, -0.15) is 5.26 Å². The summed E-state index contributed by atoms with van der Waals surface area (Å²) in [7, 11) is 1.59. The molecule has 5 nitrogen and oxygen atoms in total. The van der Waals surface area contributed by atoms with Gasteiger partial charge in [-0.05, 0) is 35.6 Å². The summed E-state index contributed by atoms with van der Waals surface area (Å²) in [6, 6.07) is 16.3. The van der Waals surface area contributed by atoms with Gasteiger partial charge in [-0.25, -0.2) is 0 Å². The number of carbonyl (C=O) groups is 1. The smallest absolute Gasteiger partial charge is 0.311 e. The van der Waals surface area contributed by atoms with Gasteiger partial charge in [-0.15, -0.1) is 0 Å². The first-order valence-corrected chi connectivity index (χ1v) is 9.72. The molecule has 1 fully saturated rings. The van der Waals surface area contributed by atoms with Crippen molar-refractivity contribution in [3.8, 4) is 23.3 Å². The Labute approximate surface area is 177 Å². The predicted octanol–water partition coefficient (Wildman–Crippen LogP) is 5.61. The van der Waals surface area contributed by atoms with E-state index in [0.29, 0.717) is 22.8 Å². The highest BCUT2D eigenvalue weighted by Crippen LogP contribution is 2.59. The molecule has 2 aromatic rings. The molecule has 1 aliphatic carbocycles. The Kier molecular flexibility index (Phi) is 6.27. The molecule has 0 N–H and O–H groups in total. The number of benzene rings is 2. The van der Waals surface area contributed by atoms with Gasteiger partial charge in [0.2, 0.25) is 6.10 Å². The first-order chi connectivity index (χ1) is 14.4. The van der Waals surface area contributed by atoms with Gasteiger partial charge < -0.3 is 14.2 Å². The van der Waals surface area contributed by atoms with Crippen LogP contribution in [0.25, 0.3) is 0 Å². The molecule has 2 aromatic carbocycles. The number of hydrogen-bond acceptors (Lipinski definition) is 5. The second-order valence-electron chi connectivity index (χ2n) is 7.74. The average molecular weight is 403 g/mol. The normalized spacial score (nSPS) is 20.1. The molecule has 5 heteroatoms. The summed E-state index contributed by atoms with van der Waals surface area (Å²) in [5.74, 6) is 1.25. The second kappa shape index (κ2) is 8.87. The fourth-order valence-corrected chi connectivity index (χ4v) is 3.59. The highest BCUT2D eigenvalue weighted by Gasteiger charge is 2.61. The molecule has 0 heterocycles. The predicted molar refractivity (Wildman–Crippen MR) is 114 cm³/mol. The van der Waals surface area contributed by atoms with Crippen LogP contribution in [0, 0.1) is 28.6 Å². The zero-order valence-corrected chi connectivity index (χ0v) is 17.4. The fraction of sp³-hybridized carbons (Fsp3) is 0.280. The number of rotatable bonds is 8. The number of hydrogen-bond donors (Lipinski definition) is 0. The Hall–Kier alpha value is -3.52. The van der Waals surface area contributed by atoms with Crippen molar-refractivity contribution >= 4 is 5.97 Å². The van der Waals surface area contributed by atoms with Gasteiger partial charge >= 0.3 is 5.97 Å². The maximum Gasteiger partial charge on any atom is 0.311 e. The van der Waals surface area contributed by atoms with Crippen LogP contribution in [0.1, 0.15) is 25.5 Å². The molecular weight excluding hydrogens is 378 g/mol. The fourth-order valence-electron chi connectivity index (χ4n) is 3.59. The van der Waals surface area contributed by atoms with Crippen LogP contribution in [0.2, 0.25) is 0 Å². The van der Waals surface area contributed by atoms with Crippen molar-refractivity contribution in [1.29, 1.82) is 5.26 Å². The molecule has 3 rings (SSSR count). The molecule has 0 aliphatic heterocycles. The lowest BCUT2D eigenvalue weighted by molar-refractivity contribution is -0.149. The minimum atomic E-state index is -1.01. The van der Waals surface area contributed by atoms with Crippen molar-refractivity contribution < 1.29 is 19.0 Å². The largest absolute Gasteiger partial charge is 0.497 e. The van der Waals surface area contributed by atoms with Crippen LogP contribution in [0.15, 0.2) is 73.3 Å². The van der Waals surface area contributed by atoms with E-state index in [1.807, 2.05) is 44.2 Å². The van der Waals surface area contributed by atoms with Crippen molar-refractivity contribution in [1.82, 2.24) is 0 Å². The summed E-state index contributed by atoms with van der Waals surface area (Å²) in [6.07, 6.45) is 4.47. The quantitative estimate of drug-likeness (QED) is 0.423. The van der Waals surface area contributed by atoms with E-state index in [2.05, 4.69) is 12.6 Å². The SMILES string of the molecule is C=CC=CC1C(C(=O)OC(C#N)c2cccc(Oc3cccc(OC)c3)c2)C1(C)C. The van der Waals surface area contributed by atoms with Gasteiger partial charge in [0.25, 0.3) is 0 Å². The third kappa shape index (κ3) is 4.55. The lowest BCUT2D eigenvalue weighted by Gasteiger charge is -2.14. The minimum absolute atomic E-state index is 0.0741. The van der Waals surface area contributed by atoms with E-state index in [-0.39, 0.29) is 23.2 Å². The van der Waals surface area contributed by atoms with E-state index in [9.17, 15) is 10.1 Å². The maximum absolute atomic E-state index is 12.7. The van der Waals surface area contributed by atoms with Crippen molar-refractivity contribution in [3.05, 3.63) is 78.9 Å². The van der Waals surface area contributed by atoms with Gasteiger partial charge in [0.1, 0.15) is 23.3 Å². The lowest BCUT2D eigenvalue weighted by atomic mass is 10.1. The third-order valence-electron chi connectivity index (χ3n) is 5.41. The van der Waals surface area contributed by atoms with E-state index in [1.54, 1.807) is 43.5 Å². The standard InChI is InChI=1S/C25H25NO4/c1-5-6-13-21-23(25(21,2)3)24(27)30-22(16-26)17-9-7-11-19(14-17)29-20-12-8-10-18(15-20)28-4/h5-15,21-23H,1H2,2-4H3. The van der Waals surface area contributed by atoms with Gasteiger partial charge in [-0.1, -0.05) is 56.9 Å². The summed E-state index contributed by atoms with van der Waals surface area (Å²) < 4.78 is 16.6. The number of nitriles is 1. The molecule has 3 unspecified atom stereocenters. The molecule has 0 aromatic heterocycles. The molecule has 0 saturated heterocycles. The van der Waals surface area contributed by atoms with E-state index in [1.165, 1.54) is 0 Å². The van der Waals surface area contributed by atoms with E-state index < -0.39 is 6.10 Å². The highest BCUT2D eigenvalue weighted by atomic mass is 16.5. The van der Waals surface area contributed by atoms with Crippen LogP contribution in [0.5, 0.6) is 17.2 Å². The number of esters is 1. The maximum atomic E-state index is 12.7. The molecule has 30 heavy (non-hydrogen) atoms. The zero-order valence-electron chi connectivity index (χ0n) is 17.4. The molecular formula is C25H25NO4. The first kappa shape index (κ1) is 21.2. The van der Waals surface area contributed by atoms with Crippen LogP contribution in [0.3, 0.4) is 0 Å². The first-order valence-electron chi connectivity index (χ1n) is 9.72. The van der Waals surface area contributed by atoms with Crippen LogP contribution in [-0.4, -0.2) is 13.1 Å². The Morgan fingerprint density at radius 2 is 1.83 bits per heavy atom. The van der Waals surface area contributed by atoms with Crippen molar-refractivity contribution in [2.75, 3.05) is 7.11 Å². The van der Waals surface area contributed by atoms with E-state index >= 15 is 0 Å². The molecule has 154 valence electrons. The third-order valence-corrected chi connectivity index (χ3v) is 5.41. The van der Waals surface area contributed by atoms with Crippen molar-refractivity contribution in [2.45, 2.75) is 20.0 Å². The Bertz CT molecular complexity index is 1000. The molecule has 1 aliphatic rings. The molecule has 0 amide bonds. The monoisotopic (exact) mass is 403 g/mol. The summed E-state index contributed by atoms with van der Waals surface area (Å²) in [6.45, 7) is 7.69. The molecule has 1 saturated carbocycles. The van der Waals surface area contributed by atoms with E-state index in [0.717, 1.165) is 0 Å². The summed E-state index contributed by atoms with van der Waals surface area (Å²) in [4.78, 5) is 12.7. The zero-order chi connectivity index (χ0) is 21.7. The summed E-state index contributed by atoms with van der Waals surface area (Å²) in [5, 5.41) is 9.61. The van der Waals surface area contributed by atoms with Crippen molar-refractivity contribution in [3.63, 3.8) is 0 Å². The Balaban J connectivity index is 1.72. The number of nitrogens with zero attached hydrogens (tertiary/aromatic N) is 1. The summed E-state index contributed by atoms with van der Waals surface area (Å²) in [5.41, 5.74) is 0.358. The van der Waals surface area contributed by atoms with E-state index in [4.69, 9.17) is 14.2 Å². The number of allylic oxidation sites excluding steroid dienone is 3. The van der Waals surface area contributed by atoms with Gasteiger partial charge in [0, 0.05) is 11.6 Å². The highest BCUT2D eigenvalue weighted by molar-refractivity contribution is 5.78. The Morgan fingerprint density at radius 1 is 1.17 bits per heavy atom. The average Bonchev–Trinajstić information content (AvgIpc) is 3.30. The lowest BCUT2D eigenvalue weighted by Crippen LogP contribution is -2.14. The topological polar surface area (TPSA) is 68.6 Å². The van der Waals surface area contributed by atoms with Crippen LogP contribution < -0.4 is 9.47 Å². The van der Waals surface area contributed by atoms with Crippen molar-refractivity contribution in [2.24, 2.45) is 17.3 Å². The van der Waals surface area contributed by atoms with Crippen LogP contribution in [-0.2, 0) is 9.53 Å².